The van der Waals surface area contributed by atoms with Gasteiger partial charge in [-0.25, -0.2) is 0 Å². The molecule has 0 amide bonds. The van der Waals surface area contributed by atoms with E-state index in [1.54, 1.807) is 0 Å². The molecule has 0 aromatic heterocycles. The summed E-state index contributed by atoms with van der Waals surface area (Å²) >= 11 is 3.45. The van der Waals surface area contributed by atoms with E-state index in [4.69, 9.17) is 4.74 Å². The molecule has 1 heterocycles. The Balaban J connectivity index is 3.17. The summed E-state index contributed by atoms with van der Waals surface area (Å²) in [4.78, 5) is 0. The molecule has 0 radical (unpaired) electrons. The Bertz CT molecular complexity index is 272. The summed E-state index contributed by atoms with van der Waals surface area (Å²) in [7, 11) is 2.04. The van der Waals surface area contributed by atoms with Gasteiger partial charge in [0.15, 0.2) is 5.76 Å². The van der Waals surface area contributed by atoms with Crippen LogP contribution in [-0.2, 0) is 4.74 Å². The van der Waals surface area contributed by atoms with E-state index in [2.05, 4.69) is 34.4 Å². The van der Waals surface area contributed by atoms with Crippen molar-refractivity contribution in [3.8, 4) is 0 Å². The average molecular weight is 233 g/mol. The highest BCUT2D eigenvalue weighted by Crippen LogP contribution is 2.31. The van der Waals surface area contributed by atoms with Gasteiger partial charge in [-0.2, -0.15) is 4.58 Å². The smallest absolute Gasteiger partial charge is 0.339 e. The highest BCUT2D eigenvalue weighted by molar-refractivity contribution is 9.11. The molecule has 0 fully saturated rings. The highest BCUT2D eigenvalue weighted by atomic mass is 79.9. The SMILES string of the molecule is CC1=[N+](C)C(C)(C)/C(=C(/C)Br)O1. The molecule has 0 bridgehead atoms. The number of hydrogen-bond acceptors (Lipinski definition) is 1. The second kappa shape index (κ2) is 2.87. The number of halogens is 1. The summed E-state index contributed by atoms with van der Waals surface area (Å²) in [5, 5.41) is 0. The second-order valence-electron chi connectivity index (χ2n) is 3.60. The largest absolute Gasteiger partial charge is 0.405 e. The van der Waals surface area contributed by atoms with E-state index in [-0.39, 0.29) is 5.54 Å². The number of allylic oxidation sites excluding steroid dienone is 1. The fourth-order valence-corrected chi connectivity index (χ4v) is 1.94. The summed E-state index contributed by atoms with van der Waals surface area (Å²) in [5.74, 6) is 1.95. The summed E-state index contributed by atoms with van der Waals surface area (Å²) in [6.45, 7) is 8.27. The minimum absolute atomic E-state index is 0.0301. The molecular weight excluding hydrogens is 218 g/mol. The predicted octanol–water partition coefficient (Wildman–Crippen LogP) is 2.48. The molecule has 2 nitrogen and oxygen atoms in total. The van der Waals surface area contributed by atoms with Crippen LogP contribution >= 0.6 is 15.9 Å². The Labute approximate surface area is 82.0 Å². The predicted molar refractivity (Wildman–Crippen MR) is 53.7 cm³/mol. The Hall–Kier alpha value is -0.310. The monoisotopic (exact) mass is 232 g/mol. The molecule has 1 aliphatic rings. The normalized spacial score (nSPS) is 25.8. The maximum atomic E-state index is 5.63. The van der Waals surface area contributed by atoms with Gasteiger partial charge in [0.2, 0.25) is 5.54 Å². The van der Waals surface area contributed by atoms with Crippen molar-refractivity contribution in [1.82, 2.24) is 0 Å². The van der Waals surface area contributed by atoms with Crippen molar-refractivity contribution in [2.75, 3.05) is 7.05 Å². The van der Waals surface area contributed by atoms with Gasteiger partial charge >= 0.3 is 5.90 Å². The van der Waals surface area contributed by atoms with Gasteiger partial charge < -0.3 is 4.74 Å². The minimum atomic E-state index is -0.0301. The number of hydrogen-bond donors (Lipinski definition) is 0. The van der Waals surface area contributed by atoms with Gasteiger partial charge in [-0.05, 0) is 6.92 Å². The van der Waals surface area contributed by atoms with E-state index in [1.165, 1.54) is 0 Å². The van der Waals surface area contributed by atoms with Gasteiger partial charge in [0.25, 0.3) is 0 Å². The van der Waals surface area contributed by atoms with Crippen LogP contribution < -0.4 is 0 Å². The molecule has 3 heteroatoms. The maximum Gasteiger partial charge on any atom is 0.339 e. The zero-order valence-electron chi connectivity index (χ0n) is 8.23. The van der Waals surface area contributed by atoms with E-state index >= 15 is 0 Å². The van der Waals surface area contributed by atoms with Crippen LogP contribution in [0.15, 0.2) is 10.2 Å². The molecule has 1 rings (SSSR count). The Morgan fingerprint density at radius 2 is 2.00 bits per heavy atom. The van der Waals surface area contributed by atoms with E-state index in [0.717, 1.165) is 16.1 Å². The van der Waals surface area contributed by atoms with Crippen LogP contribution in [0.3, 0.4) is 0 Å². The zero-order chi connectivity index (χ0) is 9.52. The van der Waals surface area contributed by atoms with E-state index < -0.39 is 0 Å². The maximum absolute atomic E-state index is 5.63. The summed E-state index contributed by atoms with van der Waals surface area (Å²) in [6.07, 6.45) is 0. The molecule has 0 aliphatic carbocycles. The van der Waals surface area contributed by atoms with Crippen molar-refractivity contribution < 1.29 is 9.31 Å². The van der Waals surface area contributed by atoms with Crippen molar-refractivity contribution in [2.24, 2.45) is 0 Å². The van der Waals surface area contributed by atoms with Gasteiger partial charge in [-0.3, -0.25) is 0 Å². The van der Waals surface area contributed by atoms with Crippen molar-refractivity contribution >= 4 is 21.8 Å². The van der Waals surface area contributed by atoms with Gasteiger partial charge in [0.1, 0.15) is 7.05 Å². The topological polar surface area (TPSA) is 12.2 Å². The first kappa shape index (κ1) is 9.78. The fraction of sp³-hybridized carbons (Fsp3) is 0.667. The Kier molecular flexibility index (Phi) is 2.34. The summed E-state index contributed by atoms with van der Waals surface area (Å²) in [6, 6.07) is 0. The zero-order valence-corrected chi connectivity index (χ0v) is 9.82. The Morgan fingerprint density at radius 3 is 2.17 bits per heavy atom. The van der Waals surface area contributed by atoms with Gasteiger partial charge in [-0.1, -0.05) is 15.9 Å². The molecule has 68 valence electrons. The third kappa shape index (κ3) is 1.30. The quantitative estimate of drug-likeness (QED) is 0.585. The molecule has 0 atom stereocenters. The van der Waals surface area contributed by atoms with Crippen molar-refractivity contribution in [2.45, 2.75) is 33.2 Å². The lowest BCUT2D eigenvalue weighted by molar-refractivity contribution is -0.557. The summed E-state index contributed by atoms with van der Waals surface area (Å²) in [5.41, 5.74) is -0.0301. The van der Waals surface area contributed by atoms with Crippen molar-refractivity contribution in [1.29, 1.82) is 0 Å². The Morgan fingerprint density at radius 1 is 1.50 bits per heavy atom. The molecule has 0 unspecified atom stereocenters. The lowest BCUT2D eigenvalue weighted by atomic mass is 10.0. The number of nitrogens with zero attached hydrogens (tertiary/aromatic N) is 1. The summed E-state index contributed by atoms with van der Waals surface area (Å²) < 4.78 is 8.82. The molecule has 1 aliphatic heterocycles. The van der Waals surface area contributed by atoms with Crippen molar-refractivity contribution in [3.63, 3.8) is 0 Å². The lowest BCUT2D eigenvalue weighted by Gasteiger charge is -2.13. The number of rotatable bonds is 0. The molecule has 0 spiro atoms. The van der Waals surface area contributed by atoms with E-state index in [9.17, 15) is 0 Å². The standard InChI is InChI=1S/C9H15BrNO/c1-6(10)8-9(3,4)11(5)7(2)12-8/h1-5H3/q+1/b8-6+. The van der Waals surface area contributed by atoms with Crippen LogP contribution in [0.25, 0.3) is 0 Å². The molecule has 0 aromatic carbocycles. The van der Waals surface area contributed by atoms with E-state index in [1.807, 2.05) is 20.9 Å². The molecule has 0 aromatic rings. The molecule has 12 heavy (non-hydrogen) atoms. The van der Waals surface area contributed by atoms with Gasteiger partial charge in [0, 0.05) is 18.3 Å². The van der Waals surface area contributed by atoms with Gasteiger partial charge in [-0.15, -0.1) is 0 Å². The van der Waals surface area contributed by atoms with Crippen LogP contribution in [0.2, 0.25) is 0 Å². The average Bonchev–Trinajstić information content (AvgIpc) is 2.13. The molecular formula is C9H15BrNO+. The third-order valence-corrected chi connectivity index (χ3v) is 2.79. The fourth-order valence-electron chi connectivity index (χ4n) is 1.38. The number of likely N-dealkylation sites (N-methyl/N-ethyl adjacent to an activating group) is 1. The number of ether oxygens (including phenoxy) is 1. The first-order valence-electron chi connectivity index (χ1n) is 3.99. The van der Waals surface area contributed by atoms with Crippen molar-refractivity contribution in [3.05, 3.63) is 10.2 Å². The first-order chi connectivity index (χ1) is 5.37. The first-order valence-corrected chi connectivity index (χ1v) is 4.78. The van der Waals surface area contributed by atoms with Crippen LogP contribution in [0.1, 0.15) is 27.7 Å². The lowest BCUT2D eigenvalue weighted by Crippen LogP contribution is -2.32. The second-order valence-corrected chi connectivity index (χ2v) is 4.79. The molecule has 0 N–H and O–H groups in total. The molecule has 0 saturated heterocycles. The third-order valence-electron chi connectivity index (χ3n) is 2.43. The van der Waals surface area contributed by atoms with Crippen LogP contribution in [-0.4, -0.2) is 23.1 Å². The van der Waals surface area contributed by atoms with Crippen LogP contribution in [0.4, 0.5) is 0 Å². The minimum Gasteiger partial charge on any atom is -0.405 e. The highest BCUT2D eigenvalue weighted by Gasteiger charge is 2.44. The van der Waals surface area contributed by atoms with Crippen LogP contribution in [0.5, 0.6) is 0 Å². The van der Waals surface area contributed by atoms with Gasteiger partial charge in [0.05, 0.1) is 6.92 Å². The van der Waals surface area contributed by atoms with E-state index in [0.29, 0.717) is 0 Å². The molecule has 0 saturated carbocycles. The van der Waals surface area contributed by atoms with Crippen LogP contribution in [0, 0.1) is 0 Å².